The van der Waals surface area contributed by atoms with Gasteiger partial charge in [-0.1, -0.05) is 6.07 Å². The Kier molecular flexibility index (Phi) is 6.01. The fraction of sp³-hybridized carbons (Fsp3) is 0.348. The van der Waals surface area contributed by atoms with E-state index in [0.29, 0.717) is 30.2 Å². The average molecular weight is 459 g/mol. The monoisotopic (exact) mass is 459 g/mol. The van der Waals surface area contributed by atoms with E-state index in [2.05, 4.69) is 20.6 Å². The highest BCUT2D eigenvalue weighted by Gasteiger charge is 2.32. The predicted octanol–water partition coefficient (Wildman–Crippen LogP) is 4.42. The molecule has 1 saturated heterocycles. The first-order valence-corrected chi connectivity index (χ1v) is 10.5. The second kappa shape index (κ2) is 8.76. The molecule has 2 N–H and O–H groups in total. The molecule has 1 aliphatic rings. The highest BCUT2D eigenvalue weighted by atomic mass is 19.4. The van der Waals surface area contributed by atoms with Gasteiger partial charge in [-0.3, -0.25) is 4.79 Å². The van der Waals surface area contributed by atoms with E-state index in [4.69, 9.17) is 4.74 Å². The fourth-order valence-electron chi connectivity index (χ4n) is 4.01. The van der Waals surface area contributed by atoms with Crippen molar-refractivity contribution in [1.29, 1.82) is 0 Å². The molecular weight excluding hydrogens is 435 g/mol. The number of benzene rings is 2. The first kappa shape index (κ1) is 22.6. The highest BCUT2D eigenvalue weighted by Crippen LogP contribution is 2.35. The van der Waals surface area contributed by atoms with Crippen LogP contribution < -0.4 is 20.3 Å². The van der Waals surface area contributed by atoms with E-state index in [1.165, 1.54) is 19.9 Å². The molecule has 1 aliphatic heterocycles. The number of methoxy groups -OCH3 is 1. The molecule has 7 nitrogen and oxygen atoms in total. The number of ether oxygens (including phenoxy) is 1. The summed E-state index contributed by atoms with van der Waals surface area (Å²) in [6.07, 6.45) is -3.70. The zero-order valence-corrected chi connectivity index (χ0v) is 18.5. The van der Waals surface area contributed by atoms with E-state index in [0.717, 1.165) is 17.9 Å². The van der Waals surface area contributed by atoms with Gasteiger partial charge in [0.05, 0.1) is 18.2 Å². The van der Waals surface area contributed by atoms with Gasteiger partial charge in [0.15, 0.2) is 0 Å². The molecule has 0 radical (unpaired) electrons. The fourth-order valence-corrected chi connectivity index (χ4v) is 4.01. The number of nitrogens with one attached hydrogen (secondary N) is 2. The number of fused-ring (bicyclic) bond motifs is 1. The quantitative estimate of drug-likeness (QED) is 0.588. The van der Waals surface area contributed by atoms with Crippen LogP contribution in [-0.4, -0.2) is 42.1 Å². The summed E-state index contributed by atoms with van der Waals surface area (Å²) >= 11 is 0. The Morgan fingerprint density at radius 3 is 2.67 bits per heavy atom. The predicted molar refractivity (Wildman–Crippen MR) is 120 cm³/mol. The molecule has 0 bridgehead atoms. The number of nitrogens with zero attached hydrogens (tertiary/aromatic N) is 3. The van der Waals surface area contributed by atoms with Gasteiger partial charge in [0.1, 0.15) is 11.6 Å². The molecule has 4 rings (SSSR count). The SMILES string of the molecule is COc1ccc2c(N3CCC(NC(C)=O)C3)nc(Nc3ccc(C)c(C(F)(F)F)c3)nc2c1. The molecule has 174 valence electrons. The van der Waals surface area contributed by atoms with Gasteiger partial charge in [-0.15, -0.1) is 0 Å². The number of alkyl halides is 3. The van der Waals surface area contributed by atoms with Crippen molar-refractivity contribution >= 4 is 34.3 Å². The minimum absolute atomic E-state index is 0.00591. The maximum absolute atomic E-state index is 13.3. The van der Waals surface area contributed by atoms with Crippen LogP contribution in [0.2, 0.25) is 0 Å². The van der Waals surface area contributed by atoms with E-state index >= 15 is 0 Å². The number of halogens is 3. The molecule has 1 atom stereocenters. The summed E-state index contributed by atoms with van der Waals surface area (Å²) in [7, 11) is 1.55. The zero-order chi connectivity index (χ0) is 23.8. The average Bonchev–Trinajstić information content (AvgIpc) is 3.20. The molecule has 1 amide bonds. The number of aryl methyl sites for hydroxylation is 1. The van der Waals surface area contributed by atoms with Crippen LogP contribution in [0.3, 0.4) is 0 Å². The number of aromatic nitrogens is 2. The zero-order valence-electron chi connectivity index (χ0n) is 18.5. The van der Waals surface area contributed by atoms with Crippen molar-refractivity contribution in [3.8, 4) is 5.75 Å². The number of amides is 1. The molecular formula is C23H24F3N5O2. The molecule has 0 aliphatic carbocycles. The Morgan fingerprint density at radius 2 is 1.97 bits per heavy atom. The van der Waals surface area contributed by atoms with Gasteiger partial charge in [0.2, 0.25) is 11.9 Å². The smallest absolute Gasteiger partial charge is 0.416 e. The van der Waals surface area contributed by atoms with Crippen molar-refractivity contribution in [1.82, 2.24) is 15.3 Å². The topological polar surface area (TPSA) is 79.4 Å². The molecule has 33 heavy (non-hydrogen) atoms. The van der Waals surface area contributed by atoms with Crippen LogP contribution in [0.25, 0.3) is 10.9 Å². The van der Waals surface area contributed by atoms with Gasteiger partial charge < -0.3 is 20.3 Å². The molecule has 0 saturated carbocycles. The molecule has 2 heterocycles. The molecule has 10 heteroatoms. The summed E-state index contributed by atoms with van der Waals surface area (Å²) in [5.74, 6) is 1.32. The normalized spacial score (nSPS) is 16.2. The molecule has 3 aromatic rings. The van der Waals surface area contributed by atoms with Crippen LogP contribution in [0.4, 0.5) is 30.6 Å². The summed E-state index contributed by atoms with van der Waals surface area (Å²) < 4.78 is 45.3. The molecule has 1 unspecified atom stereocenters. The summed E-state index contributed by atoms with van der Waals surface area (Å²) in [4.78, 5) is 22.6. The maximum atomic E-state index is 13.3. The molecule has 1 fully saturated rings. The first-order valence-electron chi connectivity index (χ1n) is 10.5. The van der Waals surface area contributed by atoms with E-state index < -0.39 is 11.7 Å². The van der Waals surface area contributed by atoms with E-state index in [9.17, 15) is 18.0 Å². The van der Waals surface area contributed by atoms with Crippen LogP contribution in [-0.2, 0) is 11.0 Å². The maximum Gasteiger partial charge on any atom is 0.416 e. The molecule has 2 aromatic carbocycles. The second-order valence-corrected chi connectivity index (χ2v) is 8.04. The lowest BCUT2D eigenvalue weighted by Crippen LogP contribution is -2.35. The first-order chi connectivity index (χ1) is 15.6. The summed E-state index contributed by atoms with van der Waals surface area (Å²) in [6.45, 7) is 4.14. The van der Waals surface area contributed by atoms with Gasteiger partial charge in [0.25, 0.3) is 0 Å². The molecule has 0 spiro atoms. The number of rotatable bonds is 5. The molecule has 1 aromatic heterocycles. The van der Waals surface area contributed by atoms with Crippen molar-refractivity contribution in [3.05, 3.63) is 47.5 Å². The van der Waals surface area contributed by atoms with Crippen LogP contribution in [0.1, 0.15) is 24.5 Å². The summed E-state index contributed by atoms with van der Waals surface area (Å²) in [6, 6.07) is 9.43. The van der Waals surface area contributed by atoms with Gasteiger partial charge in [-0.05, 0) is 43.2 Å². The minimum Gasteiger partial charge on any atom is -0.497 e. The van der Waals surface area contributed by atoms with Crippen LogP contribution in [0.5, 0.6) is 5.75 Å². The number of anilines is 3. The number of hydrogen-bond donors (Lipinski definition) is 2. The standard InChI is InChI=1S/C23H24F3N5O2/c1-13-4-5-15(10-19(13)23(24,25)26)28-22-29-20-11-17(33-3)6-7-18(20)21(30-22)31-9-8-16(12-31)27-14(2)32/h4-7,10-11,16H,8-9,12H2,1-3H3,(H,27,32)(H,28,29,30). The van der Waals surface area contributed by atoms with E-state index in [-0.39, 0.29) is 29.1 Å². The van der Waals surface area contributed by atoms with Crippen molar-refractivity contribution in [3.63, 3.8) is 0 Å². The van der Waals surface area contributed by atoms with Crippen molar-refractivity contribution in [2.75, 3.05) is 30.4 Å². The van der Waals surface area contributed by atoms with Crippen molar-refractivity contribution < 1.29 is 22.7 Å². The highest BCUT2D eigenvalue weighted by molar-refractivity contribution is 5.92. The minimum atomic E-state index is -4.46. The number of carbonyl (C=O) groups excluding carboxylic acids is 1. The number of hydrogen-bond acceptors (Lipinski definition) is 6. The van der Waals surface area contributed by atoms with Crippen LogP contribution in [0, 0.1) is 6.92 Å². The lowest BCUT2D eigenvalue weighted by Gasteiger charge is -2.21. The Hall–Kier alpha value is -3.56. The van der Waals surface area contributed by atoms with Gasteiger partial charge in [-0.25, -0.2) is 4.98 Å². The Bertz CT molecular complexity index is 1200. The third-order valence-electron chi connectivity index (χ3n) is 5.58. The van der Waals surface area contributed by atoms with Gasteiger partial charge >= 0.3 is 6.18 Å². The second-order valence-electron chi connectivity index (χ2n) is 8.04. The largest absolute Gasteiger partial charge is 0.497 e. The van der Waals surface area contributed by atoms with Crippen molar-refractivity contribution in [2.24, 2.45) is 0 Å². The Balaban J connectivity index is 1.73. The Labute approximate surface area is 189 Å². The third kappa shape index (κ3) is 4.94. The van der Waals surface area contributed by atoms with E-state index in [1.807, 2.05) is 11.0 Å². The summed E-state index contributed by atoms with van der Waals surface area (Å²) in [5, 5.41) is 6.62. The van der Waals surface area contributed by atoms with Crippen LogP contribution >= 0.6 is 0 Å². The van der Waals surface area contributed by atoms with Crippen LogP contribution in [0.15, 0.2) is 36.4 Å². The number of carbonyl (C=O) groups is 1. The van der Waals surface area contributed by atoms with E-state index in [1.54, 1.807) is 25.3 Å². The lowest BCUT2D eigenvalue weighted by molar-refractivity contribution is -0.138. The van der Waals surface area contributed by atoms with Crippen molar-refractivity contribution in [2.45, 2.75) is 32.5 Å². The van der Waals surface area contributed by atoms with Gasteiger partial charge in [0, 0.05) is 43.2 Å². The Morgan fingerprint density at radius 1 is 1.18 bits per heavy atom. The third-order valence-corrected chi connectivity index (χ3v) is 5.58. The van der Waals surface area contributed by atoms with Gasteiger partial charge in [-0.2, -0.15) is 18.2 Å². The lowest BCUT2D eigenvalue weighted by atomic mass is 10.1. The summed E-state index contributed by atoms with van der Waals surface area (Å²) in [5.41, 5.74) is 0.249.